The molecule has 2 fully saturated rings. The third-order valence-corrected chi connectivity index (χ3v) is 8.84. The molecular weight excluding hydrogens is 374 g/mol. The predicted octanol–water partition coefficient (Wildman–Crippen LogP) is 2.63. The minimum Gasteiger partial charge on any atom is -0.380 e. The van der Waals surface area contributed by atoms with Gasteiger partial charge in [0.15, 0.2) is 15.0 Å². The highest BCUT2D eigenvalue weighted by Crippen LogP contribution is 2.33. The van der Waals surface area contributed by atoms with E-state index in [1.165, 1.54) is 11.3 Å². The van der Waals surface area contributed by atoms with E-state index in [9.17, 15) is 13.2 Å². The number of fused-ring (bicyclic) bond motifs is 3. The van der Waals surface area contributed by atoms with Crippen molar-refractivity contribution in [2.24, 2.45) is 0 Å². The van der Waals surface area contributed by atoms with E-state index in [4.69, 9.17) is 4.74 Å². The van der Waals surface area contributed by atoms with Gasteiger partial charge < -0.3 is 9.64 Å². The number of thiazole rings is 1. The van der Waals surface area contributed by atoms with Gasteiger partial charge in [0.1, 0.15) is 0 Å². The van der Waals surface area contributed by atoms with Gasteiger partial charge in [-0.1, -0.05) is 23.5 Å². The predicted molar refractivity (Wildman–Crippen MR) is 101 cm³/mol. The van der Waals surface area contributed by atoms with E-state index in [1.807, 2.05) is 18.2 Å². The Morgan fingerprint density at radius 1 is 1.35 bits per heavy atom. The SMILES string of the molecule is COCc1cccc2sc(NC(=O)N3CCC4CCC(C3)S4(=O)=O)nc12. The maximum atomic E-state index is 12.7. The van der Waals surface area contributed by atoms with E-state index in [1.54, 1.807) is 12.0 Å². The lowest BCUT2D eigenvalue weighted by Crippen LogP contribution is -2.40. The number of anilines is 1. The molecule has 26 heavy (non-hydrogen) atoms. The fraction of sp³-hybridized carbons (Fsp3) is 0.529. The quantitative estimate of drug-likeness (QED) is 0.863. The Bertz CT molecular complexity index is 941. The van der Waals surface area contributed by atoms with Gasteiger partial charge in [0.2, 0.25) is 0 Å². The third-order valence-electron chi connectivity index (χ3n) is 5.19. The summed E-state index contributed by atoms with van der Waals surface area (Å²) in [4.78, 5) is 18.8. The molecule has 2 aromatic rings. The first kappa shape index (κ1) is 17.7. The molecule has 1 N–H and O–H groups in total. The number of urea groups is 1. The van der Waals surface area contributed by atoms with Crippen molar-refractivity contribution in [3.63, 3.8) is 0 Å². The molecule has 0 aliphatic carbocycles. The van der Waals surface area contributed by atoms with Gasteiger partial charge in [-0.25, -0.2) is 18.2 Å². The summed E-state index contributed by atoms with van der Waals surface area (Å²) in [6.07, 6.45) is 1.89. The van der Waals surface area contributed by atoms with Gasteiger partial charge in [0.05, 0.1) is 27.3 Å². The first-order valence-electron chi connectivity index (χ1n) is 8.65. The number of hydrogen-bond donors (Lipinski definition) is 1. The van der Waals surface area contributed by atoms with Crippen LogP contribution in [0.5, 0.6) is 0 Å². The van der Waals surface area contributed by atoms with Crippen LogP contribution in [-0.2, 0) is 21.2 Å². The zero-order valence-electron chi connectivity index (χ0n) is 14.5. The minimum atomic E-state index is -3.09. The molecule has 2 aliphatic heterocycles. The van der Waals surface area contributed by atoms with Gasteiger partial charge in [-0.05, 0) is 25.3 Å². The van der Waals surface area contributed by atoms with Crippen LogP contribution in [0.15, 0.2) is 18.2 Å². The molecule has 9 heteroatoms. The van der Waals surface area contributed by atoms with E-state index in [-0.39, 0.29) is 17.8 Å². The number of rotatable bonds is 3. The van der Waals surface area contributed by atoms with E-state index in [2.05, 4.69) is 10.3 Å². The summed E-state index contributed by atoms with van der Waals surface area (Å²) in [6.45, 7) is 1.19. The van der Waals surface area contributed by atoms with Crippen LogP contribution < -0.4 is 5.32 Å². The van der Waals surface area contributed by atoms with Crippen LogP contribution in [0.3, 0.4) is 0 Å². The highest BCUT2D eigenvalue weighted by molar-refractivity contribution is 7.93. The van der Waals surface area contributed by atoms with Crippen LogP contribution in [0.25, 0.3) is 10.2 Å². The standard InChI is InChI=1S/C17H21N3O4S2/c1-24-10-11-3-2-4-14-15(11)18-16(25-14)19-17(21)20-8-7-12-5-6-13(9-20)26(12,22)23/h2-4,12-13H,5-10H2,1H3,(H,18,19,21). The minimum absolute atomic E-state index is 0.268. The first-order valence-corrected chi connectivity index (χ1v) is 11.1. The van der Waals surface area contributed by atoms with Crippen molar-refractivity contribution in [3.05, 3.63) is 23.8 Å². The number of hydrogen-bond acceptors (Lipinski definition) is 6. The number of carbonyl (C=O) groups is 1. The highest BCUT2D eigenvalue weighted by atomic mass is 32.2. The van der Waals surface area contributed by atoms with Crippen LogP contribution in [0.2, 0.25) is 0 Å². The van der Waals surface area contributed by atoms with E-state index >= 15 is 0 Å². The molecule has 2 unspecified atom stereocenters. The Balaban J connectivity index is 1.52. The zero-order chi connectivity index (χ0) is 18.3. The second kappa shape index (κ2) is 6.79. The van der Waals surface area contributed by atoms with Crippen molar-refractivity contribution in [3.8, 4) is 0 Å². The fourth-order valence-electron chi connectivity index (χ4n) is 3.80. The number of likely N-dealkylation sites (tertiary alicyclic amines) is 1. The monoisotopic (exact) mass is 395 g/mol. The highest BCUT2D eigenvalue weighted by Gasteiger charge is 2.44. The zero-order valence-corrected chi connectivity index (χ0v) is 16.1. The molecule has 4 rings (SSSR count). The second-order valence-electron chi connectivity index (χ2n) is 6.79. The number of nitrogens with one attached hydrogen (secondary N) is 1. The summed E-state index contributed by atoms with van der Waals surface area (Å²) in [5, 5.41) is 2.65. The van der Waals surface area contributed by atoms with Crippen molar-refractivity contribution in [2.45, 2.75) is 36.4 Å². The molecule has 3 heterocycles. The molecule has 140 valence electrons. The number of benzene rings is 1. The Labute approximate surface area is 156 Å². The number of nitrogens with zero attached hydrogens (tertiary/aromatic N) is 2. The number of aromatic nitrogens is 1. The summed E-state index contributed by atoms with van der Waals surface area (Å²) in [7, 11) is -1.45. The maximum Gasteiger partial charge on any atom is 0.323 e. The summed E-state index contributed by atoms with van der Waals surface area (Å²) in [5.74, 6) is 0. The third kappa shape index (κ3) is 3.08. The summed E-state index contributed by atoms with van der Waals surface area (Å²) in [6, 6.07) is 5.57. The molecule has 2 amide bonds. The van der Waals surface area contributed by atoms with Gasteiger partial charge in [-0.15, -0.1) is 0 Å². The average Bonchev–Trinajstić information content (AvgIpc) is 3.06. The number of sulfone groups is 1. The van der Waals surface area contributed by atoms with Crippen molar-refractivity contribution in [1.29, 1.82) is 0 Å². The van der Waals surface area contributed by atoms with Crippen molar-refractivity contribution >= 4 is 42.6 Å². The molecule has 0 radical (unpaired) electrons. The second-order valence-corrected chi connectivity index (χ2v) is 10.3. The van der Waals surface area contributed by atoms with Crippen LogP contribution in [0.4, 0.5) is 9.93 Å². The molecule has 1 aromatic carbocycles. The number of ether oxygens (including phenoxy) is 1. The normalized spacial score (nSPS) is 24.6. The van der Waals surface area contributed by atoms with Gasteiger partial charge in [0.25, 0.3) is 0 Å². The number of methoxy groups -OCH3 is 1. The van der Waals surface area contributed by atoms with Gasteiger partial charge in [-0.3, -0.25) is 5.32 Å². The lowest BCUT2D eigenvalue weighted by Gasteiger charge is -2.23. The molecule has 7 nitrogen and oxygen atoms in total. The Kier molecular flexibility index (Phi) is 4.62. The Morgan fingerprint density at radius 2 is 2.15 bits per heavy atom. The summed E-state index contributed by atoms with van der Waals surface area (Å²) in [5.41, 5.74) is 1.80. The number of amides is 2. The molecular formula is C17H21N3O4S2. The lowest BCUT2D eigenvalue weighted by atomic mass is 10.1. The average molecular weight is 396 g/mol. The van der Waals surface area contributed by atoms with Gasteiger partial charge in [0, 0.05) is 25.8 Å². The molecule has 1 aromatic heterocycles. The molecule has 2 atom stereocenters. The molecule has 2 aliphatic rings. The largest absolute Gasteiger partial charge is 0.380 e. The molecule has 0 spiro atoms. The Morgan fingerprint density at radius 3 is 2.96 bits per heavy atom. The topological polar surface area (TPSA) is 88.6 Å². The number of para-hydroxylation sites is 1. The molecule has 0 saturated carbocycles. The first-order chi connectivity index (χ1) is 12.5. The van der Waals surface area contributed by atoms with Crippen molar-refractivity contribution in [2.75, 3.05) is 25.5 Å². The van der Waals surface area contributed by atoms with Crippen LogP contribution >= 0.6 is 11.3 Å². The van der Waals surface area contributed by atoms with Crippen LogP contribution in [0.1, 0.15) is 24.8 Å². The molecule has 2 saturated heterocycles. The summed E-state index contributed by atoms with van der Waals surface area (Å²) < 4.78 is 30.9. The van der Waals surface area contributed by atoms with E-state index in [0.29, 0.717) is 31.1 Å². The van der Waals surface area contributed by atoms with Crippen LogP contribution in [-0.4, -0.2) is 55.0 Å². The van der Waals surface area contributed by atoms with Crippen LogP contribution in [0, 0.1) is 0 Å². The van der Waals surface area contributed by atoms with E-state index < -0.39 is 15.1 Å². The van der Waals surface area contributed by atoms with Crippen molar-refractivity contribution < 1.29 is 17.9 Å². The maximum absolute atomic E-state index is 12.7. The smallest absolute Gasteiger partial charge is 0.323 e. The van der Waals surface area contributed by atoms with Gasteiger partial charge in [-0.2, -0.15) is 0 Å². The Hall–Kier alpha value is -1.71. The molecule has 2 bridgehead atoms. The number of carbonyl (C=O) groups excluding carboxylic acids is 1. The van der Waals surface area contributed by atoms with E-state index in [0.717, 1.165) is 22.2 Å². The lowest BCUT2D eigenvalue weighted by molar-refractivity contribution is 0.186. The fourth-order valence-corrected chi connectivity index (χ4v) is 7.00. The van der Waals surface area contributed by atoms with Gasteiger partial charge >= 0.3 is 6.03 Å². The van der Waals surface area contributed by atoms with Crippen molar-refractivity contribution in [1.82, 2.24) is 9.88 Å². The summed E-state index contributed by atoms with van der Waals surface area (Å²) >= 11 is 1.41.